The Kier molecular flexibility index (Phi) is 4.71. The van der Waals surface area contributed by atoms with Crippen LogP contribution in [0, 0.1) is 10.1 Å². The van der Waals surface area contributed by atoms with Crippen LogP contribution in [0.1, 0.15) is 35.3 Å². The predicted octanol–water partition coefficient (Wildman–Crippen LogP) is 3.32. The monoisotopic (exact) mass is 353 g/mol. The summed E-state index contributed by atoms with van der Waals surface area (Å²) >= 11 is 0. The highest BCUT2D eigenvalue weighted by atomic mass is 16.6. The van der Waals surface area contributed by atoms with E-state index in [1.165, 1.54) is 19.9 Å². The summed E-state index contributed by atoms with van der Waals surface area (Å²) in [5, 5.41) is 14.3. The highest BCUT2D eigenvalue weighted by Crippen LogP contribution is 2.34. The van der Waals surface area contributed by atoms with Gasteiger partial charge in [-0.1, -0.05) is 12.1 Å². The van der Waals surface area contributed by atoms with Crippen LogP contribution in [0.15, 0.2) is 36.4 Å². The van der Waals surface area contributed by atoms with Crippen molar-refractivity contribution >= 4 is 28.8 Å². The maximum Gasteiger partial charge on any atom is 0.293 e. The first-order valence-corrected chi connectivity index (χ1v) is 8.29. The molecule has 2 aromatic rings. The first kappa shape index (κ1) is 17.6. The highest BCUT2D eigenvalue weighted by molar-refractivity contribution is 5.95. The van der Waals surface area contributed by atoms with Crippen molar-refractivity contribution < 1.29 is 14.5 Å². The van der Waals surface area contributed by atoms with E-state index < -0.39 is 4.92 Å². The molecule has 7 nitrogen and oxygen atoms in total. The summed E-state index contributed by atoms with van der Waals surface area (Å²) < 4.78 is 0. The van der Waals surface area contributed by atoms with Gasteiger partial charge < -0.3 is 10.2 Å². The first-order chi connectivity index (χ1) is 12.4. The molecule has 7 heteroatoms. The van der Waals surface area contributed by atoms with Gasteiger partial charge in [0.15, 0.2) is 5.78 Å². The number of nitro benzene ring substituents is 1. The lowest BCUT2D eigenvalue weighted by Crippen LogP contribution is -2.31. The van der Waals surface area contributed by atoms with Crippen molar-refractivity contribution in [3.63, 3.8) is 0 Å². The number of amides is 1. The standard InChI is InChI=1S/C19H19N3O4/c1-12(23)14-6-7-18(19(10-14)22(25)26)21-9-8-16-15(11-21)4-3-5-17(16)20-13(2)24/h3-7,10H,8-9,11H2,1-2H3,(H,20,24). The second-order valence-electron chi connectivity index (χ2n) is 6.31. The summed E-state index contributed by atoms with van der Waals surface area (Å²) in [5.74, 6) is -0.333. The first-order valence-electron chi connectivity index (χ1n) is 8.29. The van der Waals surface area contributed by atoms with E-state index in [1.54, 1.807) is 12.1 Å². The summed E-state index contributed by atoms with van der Waals surface area (Å²) in [6, 6.07) is 10.3. The van der Waals surface area contributed by atoms with Crippen LogP contribution in [0.25, 0.3) is 0 Å². The number of carbonyl (C=O) groups excluding carboxylic acids is 2. The van der Waals surface area contributed by atoms with Crippen LogP contribution in [0.4, 0.5) is 17.1 Å². The van der Waals surface area contributed by atoms with E-state index in [-0.39, 0.29) is 17.4 Å². The van der Waals surface area contributed by atoms with Gasteiger partial charge in [0.2, 0.25) is 5.91 Å². The van der Waals surface area contributed by atoms with Gasteiger partial charge in [0, 0.05) is 37.3 Å². The molecule has 1 aliphatic rings. The molecule has 0 saturated heterocycles. The van der Waals surface area contributed by atoms with Gasteiger partial charge in [-0.15, -0.1) is 0 Å². The Morgan fingerprint density at radius 3 is 2.62 bits per heavy atom. The number of nitrogens with zero attached hydrogens (tertiary/aromatic N) is 2. The van der Waals surface area contributed by atoms with Crippen molar-refractivity contribution in [3.8, 4) is 0 Å². The molecule has 134 valence electrons. The fourth-order valence-corrected chi connectivity index (χ4v) is 3.28. The molecule has 0 spiro atoms. The number of hydrogen-bond acceptors (Lipinski definition) is 5. The largest absolute Gasteiger partial charge is 0.361 e. The second-order valence-corrected chi connectivity index (χ2v) is 6.31. The zero-order valence-electron chi connectivity index (χ0n) is 14.6. The molecule has 1 N–H and O–H groups in total. The number of anilines is 2. The van der Waals surface area contributed by atoms with E-state index in [0.717, 1.165) is 16.8 Å². The molecule has 26 heavy (non-hydrogen) atoms. The summed E-state index contributed by atoms with van der Waals surface area (Å²) in [6.45, 7) is 3.95. The maximum atomic E-state index is 11.5. The van der Waals surface area contributed by atoms with Crippen LogP contribution >= 0.6 is 0 Å². The topological polar surface area (TPSA) is 92.6 Å². The van der Waals surface area contributed by atoms with Crippen molar-refractivity contribution in [2.24, 2.45) is 0 Å². The van der Waals surface area contributed by atoms with Gasteiger partial charge in [-0.05, 0) is 42.7 Å². The van der Waals surface area contributed by atoms with Crippen molar-refractivity contribution in [1.29, 1.82) is 0 Å². The van der Waals surface area contributed by atoms with Crippen LogP contribution < -0.4 is 10.2 Å². The molecule has 0 fully saturated rings. The van der Waals surface area contributed by atoms with Crippen molar-refractivity contribution in [1.82, 2.24) is 0 Å². The van der Waals surface area contributed by atoms with Gasteiger partial charge in [0.25, 0.3) is 5.69 Å². The van der Waals surface area contributed by atoms with Crippen LogP contribution in [-0.4, -0.2) is 23.2 Å². The lowest BCUT2D eigenvalue weighted by atomic mass is 9.96. The number of rotatable bonds is 4. The molecule has 0 aliphatic carbocycles. The molecule has 1 aliphatic heterocycles. The fourth-order valence-electron chi connectivity index (χ4n) is 3.28. The van der Waals surface area contributed by atoms with Gasteiger partial charge in [-0.3, -0.25) is 19.7 Å². The van der Waals surface area contributed by atoms with Crippen molar-refractivity contribution in [2.45, 2.75) is 26.8 Å². The second kappa shape index (κ2) is 6.95. The average molecular weight is 353 g/mol. The quantitative estimate of drug-likeness (QED) is 0.517. The molecule has 0 radical (unpaired) electrons. The molecule has 0 aromatic heterocycles. The number of carbonyl (C=O) groups is 2. The van der Waals surface area contributed by atoms with Crippen LogP contribution in [-0.2, 0) is 17.8 Å². The average Bonchev–Trinajstić information content (AvgIpc) is 2.60. The van der Waals surface area contributed by atoms with Gasteiger partial charge in [-0.25, -0.2) is 0 Å². The number of benzene rings is 2. The number of hydrogen-bond donors (Lipinski definition) is 1. The Bertz CT molecular complexity index is 908. The lowest BCUT2D eigenvalue weighted by molar-refractivity contribution is -0.384. The van der Waals surface area contributed by atoms with Gasteiger partial charge in [0.05, 0.1) is 4.92 Å². The number of fused-ring (bicyclic) bond motifs is 1. The zero-order chi connectivity index (χ0) is 18.8. The molecule has 0 bridgehead atoms. The highest BCUT2D eigenvalue weighted by Gasteiger charge is 2.25. The Morgan fingerprint density at radius 1 is 1.19 bits per heavy atom. The normalized spacial score (nSPS) is 13.1. The van der Waals surface area contributed by atoms with Crippen molar-refractivity contribution in [3.05, 3.63) is 63.2 Å². The molecule has 1 amide bonds. The van der Waals surface area contributed by atoms with Crippen LogP contribution in [0.3, 0.4) is 0 Å². The zero-order valence-corrected chi connectivity index (χ0v) is 14.6. The Hall–Kier alpha value is -3.22. The van der Waals surface area contributed by atoms with Crippen molar-refractivity contribution in [2.75, 3.05) is 16.8 Å². The smallest absolute Gasteiger partial charge is 0.293 e. The van der Waals surface area contributed by atoms with Crippen LogP contribution in [0.5, 0.6) is 0 Å². The summed E-state index contributed by atoms with van der Waals surface area (Å²) in [7, 11) is 0. The van der Waals surface area contributed by atoms with Crippen LogP contribution in [0.2, 0.25) is 0 Å². The predicted molar refractivity (Wildman–Crippen MR) is 98.6 cm³/mol. The molecule has 1 heterocycles. The molecular weight excluding hydrogens is 334 g/mol. The minimum absolute atomic E-state index is 0.0702. The SMILES string of the molecule is CC(=O)Nc1cccc2c1CCN(c1ccc(C(C)=O)cc1[N+](=O)[O-])C2. The Balaban J connectivity index is 1.95. The number of nitro groups is 1. The Labute approximate surface area is 150 Å². The Morgan fingerprint density at radius 2 is 1.96 bits per heavy atom. The lowest BCUT2D eigenvalue weighted by Gasteiger charge is -2.31. The number of Topliss-reactive ketones (excluding diaryl/α,β-unsaturated/α-hetero) is 1. The third kappa shape index (κ3) is 3.42. The fraction of sp³-hybridized carbons (Fsp3) is 0.263. The van der Waals surface area contributed by atoms with Gasteiger partial charge >= 0.3 is 0 Å². The van der Waals surface area contributed by atoms with Gasteiger partial charge in [-0.2, -0.15) is 0 Å². The number of ketones is 1. The third-order valence-electron chi connectivity index (χ3n) is 4.50. The van der Waals surface area contributed by atoms with E-state index in [0.29, 0.717) is 30.8 Å². The molecule has 0 saturated carbocycles. The molecule has 3 rings (SSSR count). The van der Waals surface area contributed by atoms with E-state index in [9.17, 15) is 19.7 Å². The summed E-state index contributed by atoms with van der Waals surface area (Å²) in [6.07, 6.45) is 0.664. The third-order valence-corrected chi connectivity index (χ3v) is 4.50. The van der Waals surface area contributed by atoms with E-state index in [1.807, 2.05) is 23.1 Å². The van der Waals surface area contributed by atoms with Gasteiger partial charge in [0.1, 0.15) is 5.69 Å². The van der Waals surface area contributed by atoms with E-state index in [2.05, 4.69) is 5.32 Å². The minimum Gasteiger partial charge on any atom is -0.361 e. The summed E-state index contributed by atoms with van der Waals surface area (Å²) in [5.41, 5.74) is 3.62. The summed E-state index contributed by atoms with van der Waals surface area (Å²) in [4.78, 5) is 35.9. The minimum atomic E-state index is -0.453. The number of nitrogens with one attached hydrogen (secondary N) is 1. The maximum absolute atomic E-state index is 11.5. The molecule has 0 unspecified atom stereocenters. The molecule has 2 aromatic carbocycles. The molecular formula is C19H19N3O4. The van der Waals surface area contributed by atoms with E-state index >= 15 is 0 Å². The molecule has 0 atom stereocenters. The van der Waals surface area contributed by atoms with E-state index in [4.69, 9.17) is 0 Å².